The second-order valence-corrected chi connectivity index (χ2v) is 6.14. The number of aliphatic hydroxyl groups excluding tert-OH is 1. The number of carbonyl (C=O) groups is 1. The molecule has 3 rings (SSSR count). The van der Waals surface area contributed by atoms with E-state index in [0.717, 1.165) is 51.6 Å². The van der Waals surface area contributed by atoms with Crippen LogP contribution < -0.4 is 5.73 Å². The number of likely N-dealkylation sites (tertiary alicyclic amines) is 1. The third kappa shape index (κ3) is 1.78. The van der Waals surface area contributed by atoms with Gasteiger partial charge in [0.2, 0.25) is 5.91 Å². The minimum Gasteiger partial charge on any atom is -0.393 e. The normalized spacial score (nSPS) is 39.6. The van der Waals surface area contributed by atoms with E-state index in [2.05, 4.69) is 0 Å². The molecule has 4 nitrogen and oxygen atoms in total. The molecule has 1 saturated heterocycles. The SMILES string of the molecule is NC1(C(=O)N2CC3CCC(O)C3C2)CCCC1. The van der Waals surface area contributed by atoms with Gasteiger partial charge in [-0.1, -0.05) is 12.8 Å². The van der Waals surface area contributed by atoms with Crippen LogP contribution in [0.15, 0.2) is 0 Å². The zero-order chi connectivity index (χ0) is 12.0. The van der Waals surface area contributed by atoms with Crippen LogP contribution in [0.1, 0.15) is 38.5 Å². The molecule has 0 radical (unpaired) electrons. The molecule has 3 atom stereocenters. The fourth-order valence-electron chi connectivity index (χ4n) is 3.94. The van der Waals surface area contributed by atoms with Gasteiger partial charge in [-0.25, -0.2) is 0 Å². The van der Waals surface area contributed by atoms with Crippen molar-refractivity contribution < 1.29 is 9.90 Å². The predicted octanol–water partition coefficient (Wildman–Crippen LogP) is 0.487. The summed E-state index contributed by atoms with van der Waals surface area (Å²) < 4.78 is 0. The molecule has 3 aliphatic rings. The smallest absolute Gasteiger partial charge is 0.242 e. The van der Waals surface area contributed by atoms with Crippen LogP contribution in [0, 0.1) is 11.8 Å². The van der Waals surface area contributed by atoms with E-state index >= 15 is 0 Å². The van der Waals surface area contributed by atoms with Gasteiger partial charge in [-0.3, -0.25) is 4.79 Å². The Kier molecular flexibility index (Phi) is 2.67. The van der Waals surface area contributed by atoms with Crippen molar-refractivity contribution in [1.29, 1.82) is 0 Å². The first kappa shape index (κ1) is 11.5. The van der Waals surface area contributed by atoms with Gasteiger partial charge in [0.25, 0.3) is 0 Å². The molecule has 4 heteroatoms. The maximum absolute atomic E-state index is 12.4. The Morgan fingerprint density at radius 3 is 2.59 bits per heavy atom. The van der Waals surface area contributed by atoms with E-state index < -0.39 is 5.54 Å². The molecule has 0 bridgehead atoms. The molecule has 3 fully saturated rings. The van der Waals surface area contributed by atoms with Crippen molar-refractivity contribution in [3.63, 3.8) is 0 Å². The van der Waals surface area contributed by atoms with Crippen molar-refractivity contribution in [3.8, 4) is 0 Å². The number of carbonyl (C=O) groups excluding carboxylic acids is 1. The topological polar surface area (TPSA) is 66.6 Å². The highest BCUT2D eigenvalue weighted by molar-refractivity contribution is 5.86. The third-order valence-corrected chi connectivity index (χ3v) is 5.03. The summed E-state index contributed by atoms with van der Waals surface area (Å²) in [4.78, 5) is 14.3. The molecule has 17 heavy (non-hydrogen) atoms. The molecule has 3 unspecified atom stereocenters. The molecular weight excluding hydrogens is 216 g/mol. The quantitative estimate of drug-likeness (QED) is 0.698. The van der Waals surface area contributed by atoms with Gasteiger partial charge in [-0.15, -0.1) is 0 Å². The maximum atomic E-state index is 12.4. The Labute approximate surface area is 102 Å². The first-order valence-electron chi connectivity index (χ1n) is 6.86. The molecule has 0 spiro atoms. The van der Waals surface area contributed by atoms with Gasteiger partial charge in [0.15, 0.2) is 0 Å². The number of aliphatic hydroxyl groups is 1. The molecular formula is C13H22N2O2. The van der Waals surface area contributed by atoms with Crippen LogP contribution in [0.4, 0.5) is 0 Å². The standard InChI is InChI=1S/C13H22N2O2/c14-13(5-1-2-6-13)12(17)15-7-9-3-4-11(16)10(9)8-15/h9-11,16H,1-8,14H2. The fraction of sp³-hybridized carbons (Fsp3) is 0.923. The lowest BCUT2D eigenvalue weighted by molar-refractivity contribution is -0.136. The summed E-state index contributed by atoms with van der Waals surface area (Å²) in [5.41, 5.74) is 5.62. The van der Waals surface area contributed by atoms with Gasteiger partial charge in [0.05, 0.1) is 11.6 Å². The highest BCUT2D eigenvalue weighted by atomic mass is 16.3. The van der Waals surface area contributed by atoms with Crippen LogP contribution in [0.2, 0.25) is 0 Å². The van der Waals surface area contributed by atoms with Crippen molar-refractivity contribution in [2.45, 2.75) is 50.2 Å². The Balaban J connectivity index is 1.69. The van der Waals surface area contributed by atoms with Crippen LogP contribution >= 0.6 is 0 Å². The Bertz CT molecular complexity index is 325. The summed E-state index contributed by atoms with van der Waals surface area (Å²) in [7, 11) is 0. The number of amides is 1. The van der Waals surface area contributed by atoms with Gasteiger partial charge in [-0.05, 0) is 31.6 Å². The lowest BCUT2D eigenvalue weighted by Gasteiger charge is -2.29. The van der Waals surface area contributed by atoms with E-state index in [1.54, 1.807) is 0 Å². The Hall–Kier alpha value is -0.610. The van der Waals surface area contributed by atoms with Gasteiger partial charge in [0, 0.05) is 19.0 Å². The lowest BCUT2D eigenvalue weighted by atomic mass is 9.97. The molecule has 0 aromatic rings. The first-order valence-corrected chi connectivity index (χ1v) is 6.86. The molecule has 0 aromatic carbocycles. The molecule has 1 aliphatic heterocycles. The molecule has 3 N–H and O–H groups in total. The van der Waals surface area contributed by atoms with Crippen LogP contribution in [0.3, 0.4) is 0 Å². The first-order chi connectivity index (χ1) is 8.10. The van der Waals surface area contributed by atoms with E-state index in [1.807, 2.05) is 4.90 Å². The summed E-state index contributed by atoms with van der Waals surface area (Å²) in [6, 6.07) is 0. The van der Waals surface area contributed by atoms with E-state index in [9.17, 15) is 9.90 Å². The maximum Gasteiger partial charge on any atom is 0.242 e. The molecule has 1 amide bonds. The minimum absolute atomic E-state index is 0.136. The third-order valence-electron chi connectivity index (χ3n) is 5.03. The van der Waals surface area contributed by atoms with E-state index in [-0.39, 0.29) is 12.0 Å². The van der Waals surface area contributed by atoms with Crippen LogP contribution in [0.25, 0.3) is 0 Å². The predicted molar refractivity (Wildman–Crippen MR) is 64.2 cm³/mol. The van der Waals surface area contributed by atoms with E-state index in [1.165, 1.54) is 0 Å². The molecule has 96 valence electrons. The molecule has 2 aliphatic carbocycles. The molecule has 1 heterocycles. The van der Waals surface area contributed by atoms with Crippen LogP contribution in [-0.2, 0) is 4.79 Å². The fourth-order valence-corrected chi connectivity index (χ4v) is 3.94. The Morgan fingerprint density at radius 1 is 1.24 bits per heavy atom. The number of nitrogens with two attached hydrogens (primary N) is 1. The number of nitrogens with zero attached hydrogens (tertiary/aromatic N) is 1. The van der Waals surface area contributed by atoms with Gasteiger partial charge in [-0.2, -0.15) is 0 Å². The van der Waals surface area contributed by atoms with Crippen LogP contribution in [0.5, 0.6) is 0 Å². The van der Waals surface area contributed by atoms with Crippen molar-refractivity contribution in [2.75, 3.05) is 13.1 Å². The summed E-state index contributed by atoms with van der Waals surface area (Å²) in [6.07, 6.45) is 5.59. The van der Waals surface area contributed by atoms with Crippen molar-refractivity contribution in [3.05, 3.63) is 0 Å². The van der Waals surface area contributed by atoms with E-state index in [4.69, 9.17) is 5.73 Å². The summed E-state index contributed by atoms with van der Waals surface area (Å²) in [5, 5.41) is 9.86. The largest absolute Gasteiger partial charge is 0.393 e. The van der Waals surface area contributed by atoms with Gasteiger partial charge >= 0.3 is 0 Å². The van der Waals surface area contributed by atoms with Gasteiger partial charge in [0.1, 0.15) is 0 Å². The summed E-state index contributed by atoms with van der Waals surface area (Å²) >= 11 is 0. The lowest BCUT2D eigenvalue weighted by Crippen LogP contribution is -2.53. The zero-order valence-electron chi connectivity index (χ0n) is 10.3. The van der Waals surface area contributed by atoms with Crippen molar-refractivity contribution >= 4 is 5.91 Å². The highest BCUT2D eigenvalue weighted by Crippen LogP contribution is 2.40. The van der Waals surface area contributed by atoms with E-state index in [0.29, 0.717) is 11.8 Å². The number of rotatable bonds is 1. The monoisotopic (exact) mass is 238 g/mol. The molecule has 0 aromatic heterocycles. The highest BCUT2D eigenvalue weighted by Gasteiger charge is 2.47. The van der Waals surface area contributed by atoms with Crippen molar-refractivity contribution in [2.24, 2.45) is 17.6 Å². The van der Waals surface area contributed by atoms with Gasteiger partial charge < -0.3 is 15.7 Å². The second kappa shape index (κ2) is 3.95. The molecule has 2 saturated carbocycles. The summed E-state index contributed by atoms with van der Waals surface area (Å²) in [6.45, 7) is 1.54. The average Bonchev–Trinajstić information content (AvgIpc) is 2.97. The summed E-state index contributed by atoms with van der Waals surface area (Å²) in [5.74, 6) is 0.958. The average molecular weight is 238 g/mol. The number of hydrogen-bond donors (Lipinski definition) is 2. The van der Waals surface area contributed by atoms with Crippen LogP contribution in [-0.4, -0.2) is 40.6 Å². The van der Waals surface area contributed by atoms with Crippen molar-refractivity contribution in [1.82, 2.24) is 4.90 Å². The number of fused-ring (bicyclic) bond motifs is 1. The number of hydrogen-bond acceptors (Lipinski definition) is 3. The second-order valence-electron chi connectivity index (χ2n) is 6.14. The Morgan fingerprint density at radius 2 is 1.94 bits per heavy atom. The zero-order valence-corrected chi connectivity index (χ0v) is 10.3. The minimum atomic E-state index is -0.594.